The number of aromatic nitrogens is 2. The van der Waals surface area contributed by atoms with Gasteiger partial charge in [-0.15, -0.1) is 11.3 Å². The molecule has 26 heavy (non-hydrogen) atoms. The molecule has 2 heterocycles. The van der Waals surface area contributed by atoms with E-state index in [4.69, 9.17) is 0 Å². The predicted molar refractivity (Wildman–Crippen MR) is 106 cm³/mol. The zero-order chi connectivity index (χ0) is 18.8. The predicted octanol–water partition coefficient (Wildman–Crippen LogP) is 3.59. The first-order valence-electron chi connectivity index (χ1n) is 8.71. The molecule has 3 aromatic rings. The SMILES string of the molecule is Cc1c(-c2ccccc2)sc2ncn(CC(=O)N[C@H](C)C(C)C)c(=O)c12. The summed E-state index contributed by atoms with van der Waals surface area (Å²) in [4.78, 5) is 31.3. The molecule has 1 atom stereocenters. The normalized spacial score (nSPS) is 12.5. The Morgan fingerprint density at radius 1 is 1.23 bits per heavy atom. The van der Waals surface area contributed by atoms with E-state index in [1.807, 2.05) is 58.0 Å². The van der Waals surface area contributed by atoms with Crippen molar-refractivity contribution in [2.45, 2.75) is 40.3 Å². The summed E-state index contributed by atoms with van der Waals surface area (Å²) < 4.78 is 1.39. The quantitative estimate of drug-likeness (QED) is 0.747. The zero-order valence-corrected chi connectivity index (χ0v) is 16.3. The van der Waals surface area contributed by atoms with Crippen LogP contribution in [0.5, 0.6) is 0 Å². The van der Waals surface area contributed by atoms with E-state index in [1.165, 1.54) is 22.2 Å². The molecule has 0 aliphatic rings. The minimum atomic E-state index is -0.175. The lowest BCUT2D eigenvalue weighted by Gasteiger charge is -2.17. The Kier molecular flexibility index (Phi) is 5.23. The monoisotopic (exact) mass is 369 g/mol. The van der Waals surface area contributed by atoms with Crippen LogP contribution in [-0.4, -0.2) is 21.5 Å². The van der Waals surface area contributed by atoms with E-state index in [0.717, 1.165) is 16.0 Å². The summed E-state index contributed by atoms with van der Waals surface area (Å²) in [6.45, 7) is 7.97. The molecule has 1 N–H and O–H groups in total. The molecule has 0 saturated heterocycles. The number of benzene rings is 1. The highest BCUT2D eigenvalue weighted by Gasteiger charge is 2.17. The van der Waals surface area contributed by atoms with Crippen LogP contribution in [0.3, 0.4) is 0 Å². The molecule has 0 unspecified atom stereocenters. The van der Waals surface area contributed by atoms with Gasteiger partial charge in [-0.1, -0.05) is 44.2 Å². The highest BCUT2D eigenvalue weighted by Crippen LogP contribution is 2.35. The Labute approximate surface area is 156 Å². The molecule has 0 spiro atoms. The Morgan fingerprint density at radius 3 is 2.58 bits per heavy atom. The van der Waals surface area contributed by atoms with Crippen molar-refractivity contribution in [3.05, 3.63) is 52.6 Å². The molecule has 1 amide bonds. The third kappa shape index (κ3) is 3.55. The third-order valence-electron chi connectivity index (χ3n) is 4.66. The van der Waals surface area contributed by atoms with Crippen molar-refractivity contribution in [2.24, 2.45) is 5.92 Å². The fourth-order valence-corrected chi connectivity index (χ4v) is 3.90. The molecule has 0 bridgehead atoms. The number of fused-ring (bicyclic) bond motifs is 1. The lowest BCUT2D eigenvalue weighted by molar-refractivity contribution is -0.122. The van der Waals surface area contributed by atoms with E-state index in [2.05, 4.69) is 10.3 Å². The Hall–Kier alpha value is -2.47. The zero-order valence-electron chi connectivity index (χ0n) is 15.4. The van der Waals surface area contributed by atoms with Crippen LogP contribution in [0.1, 0.15) is 26.3 Å². The summed E-state index contributed by atoms with van der Waals surface area (Å²) in [5, 5.41) is 3.52. The number of hydrogen-bond acceptors (Lipinski definition) is 4. The lowest BCUT2D eigenvalue weighted by Crippen LogP contribution is -2.39. The summed E-state index contributed by atoms with van der Waals surface area (Å²) in [6, 6.07) is 10.0. The van der Waals surface area contributed by atoms with E-state index in [-0.39, 0.29) is 24.1 Å². The van der Waals surface area contributed by atoms with Crippen molar-refractivity contribution in [2.75, 3.05) is 0 Å². The summed E-state index contributed by atoms with van der Waals surface area (Å²) in [6.07, 6.45) is 1.47. The van der Waals surface area contributed by atoms with Crippen LogP contribution in [-0.2, 0) is 11.3 Å². The van der Waals surface area contributed by atoms with Crippen LogP contribution in [0.25, 0.3) is 20.7 Å². The van der Waals surface area contributed by atoms with Crippen LogP contribution < -0.4 is 10.9 Å². The summed E-state index contributed by atoms with van der Waals surface area (Å²) in [5.74, 6) is 0.162. The molecule has 1 aromatic carbocycles. The number of rotatable bonds is 5. The van der Waals surface area contributed by atoms with Gasteiger partial charge in [0.05, 0.1) is 11.7 Å². The van der Waals surface area contributed by atoms with Crippen molar-refractivity contribution < 1.29 is 4.79 Å². The van der Waals surface area contributed by atoms with Gasteiger partial charge in [0, 0.05) is 10.9 Å². The minimum Gasteiger partial charge on any atom is -0.352 e. The van der Waals surface area contributed by atoms with Gasteiger partial charge in [-0.2, -0.15) is 0 Å². The molecule has 6 heteroatoms. The first-order chi connectivity index (χ1) is 12.4. The van der Waals surface area contributed by atoms with E-state index in [0.29, 0.717) is 16.1 Å². The molecule has 0 saturated carbocycles. The second kappa shape index (κ2) is 7.41. The molecule has 5 nitrogen and oxygen atoms in total. The maximum atomic E-state index is 12.9. The number of thiophene rings is 1. The third-order valence-corrected chi connectivity index (χ3v) is 5.90. The van der Waals surface area contributed by atoms with Gasteiger partial charge in [0.25, 0.3) is 5.56 Å². The van der Waals surface area contributed by atoms with Crippen molar-refractivity contribution in [3.8, 4) is 10.4 Å². The number of hydrogen-bond donors (Lipinski definition) is 1. The molecule has 0 fully saturated rings. The summed E-state index contributed by atoms with van der Waals surface area (Å²) in [5.41, 5.74) is 1.82. The number of nitrogens with one attached hydrogen (secondary N) is 1. The van der Waals surface area contributed by atoms with Gasteiger partial charge in [-0.3, -0.25) is 14.2 Å². The average Bonchev–Trinajstić information content (AvgIpc) is 2.95. The average molecular weight is 369 g/mol. The Balaban J connectivity index is 1.95. The van der Waals surface area contributed by atoms with Crippen LogP contribution in [0, 0.1) is 12.8 Å². The van der Waals surface area contributed by atoms with Crippen molar-refractivity contribution >= 4 is 27.5 Å². The van der Waals surface area contributed by atoms with Gasteiger partial charge in [0.1, 0.15) is 11.4 Å². The first-order valence-corrected chi connectivity index (χ1v) is 9.53. The fraction of sp³-hybridized carbons (Fsp3) is 0.350. The molecular weight excluding hydrogens is 346 g/mol. The second-order valence-electron chi connectivity index (χ2n) is 6.88. The number of aryl methyl sites for hydroxylation is 1. The molecule has 136 valence electrons. The van der Waals surface area contributed by atoms with Gasteiger partial charge in [-0.25, -0.2) is 4.98 Å². The van der Waals surface area contributed by atoms with Gasteiger partial charge in [0.2, 0.25) is 5.91 Å². The van der Waals surface area contributed by atoms with E-state index >= 15 is 0 Å². The number of carbonyl (C=O) groups excluding carboxylic acids is 1. The molecule has 0 aliphatic carbocycles. The van der Waals surface area contributed by atoms with Gasteiger partial charge >= 0.3 is 0 Å². The van der Waals surface area contributed by atoms with Crippen molar-refractivity contribution in [1.29, 1.82) is 0 Å². The molecule has 2 aromatic heterocycles. The highest BCUT2D eigenvalue weighted by molar-refractivity contribution is 7.22. The smallest absolute Gasteiger partial charge is 0.262 e. The number of amides is 1. The van der Waals surface area contributed by atoms with Gasteiger partial charge in [-0.05, 0) is 30.9 Å². The summed E-state index contributed by atoms with van der Waals surface area (Å²) in [7, 11) is 0. The van der Waals surface area contributed by atoms with E-state index in [9.17, 15) is 9.59 Å². The van der Waals surface area contributed by atoms with Crippen LogP contribution >= 0.6 is 11.3 Å². The summed E-state index contributed by atoms with van der Waals surface area (Å²) >= 11 is 1.51. The number of carbonyl (C=O) groups is 1. The van der Waals surface area contributed by atoms with Crippen molar-refractivity contribution in [3.63, 3.8) is 0 Å². The topological polar surface area (TPSA) is 64.0 Å². The number of nitrogens with zero attached hydrogens (tertiary/aromatic N) is 2. The molecular formula is C20H23N3O2S. The second-order valence-corrected chi connectivity index (χ2v) is 7.88. The lowest BCUT2D eigenvalue weighted by atomic mass is 10.1. The minimum absolute atomic E-state index is 0.0191. The van der Waals surface area contributed by atoms with Gasteiger partial charge < -0.3 is 5.32 Å². The Bertz CT molecular complexity index is 989. The van der Waals surface area contributed by atoms with Gasteiger partial charge in [0.15, 0.2) is 0 Å². The Morgan fingerprint density at radius 2 is 1.92 bits per heavy atom. The van der Waals surface area contributed by atoms with E-state index in [1.54, 1.807) is 0 Å². The maximum absolute atomic E-state index is 12.9. The fourth-order valence-electron chi connectivity index (χ4n) is 2.76. The van der Waals surface area contributed by atoms with Crippen LogP contribution in [0.15, 0.2) is 41.5 Å². The van der Waals surface area contributed by atoms with E-state index < -0.39 is 0 Å². The highest BCUT2D eigenvalue weighted by atomic mass is 32.1. The molecule has 0 aliphatic heterocycles. The standard InChI is InChI=1S/C20H23N3O2S/c1-12(2)14(4)22-16(24)10-23-11-21-19-17(20(23)25)13(3)18(26-19)15-8-6-5-7-9-15/h5-9,11-12,14H,10H2,1-4H3,(H,22,24)/t14-/m1/s1. The maximum Gasteiger partial charge on any atom is 0.262 e. The first kappa shape index (κ1) is 18.3. The largest absolute Gasteiger partial charge is 0.352 e. The van der Waals surface area contributed by atoms with Crippen molar-refractivity contribution in [1.82, 2.24) is 14.9 Å². The van der Waals surface area contributed by atoms with Crippen LogP contribution in [0.4, 0.5) is 0 Å². The molecule has 3 rings (SSSR count). The molecule has 0 radical (unpaired) electrons. The van der Waals surface area contributed by atoms with Crippen LogP contribution in [0.2, 0.25) is 0 Å².